The monoisotopic (exact) mass is 402 g/mol. The standard InChI is InChI=1S/C23H15ClN2O3/c24-15-6-8-19-18(10-15)17(14-4-2-1-3-5-14)12-20(26-19)23(27)25-16-7-9-21-22(11-16)29-13-28-21/h1-12H,13H2,(H,25,27). The van der Waals surface area contributed by atoms with Gasteiger partial charge in [-0.15, -0.1) is 0 Å². The predicted molar refractivity (Wildman–Crippen MR) is 113 cm³/mol. The SMILES string of the molecule is O=C(Nc1ccc2c(c1)OCO2)c1cc(-c2ccccc2)c2cc(Cl)ccc2n1. The fourth-order valence-corrected chi connectivity index (χ4v) is 3.51. The number of nitrogens with one attached hydrogen (secondary N) is 1. The number of carbonyl (C=O) groups is 1. The molecule has 5 nitrogen and oxygen atoms in total. The summed E-state index contributed by atoms with van der Waals surface area (Å²) in [5.41, 5.74) is 3.51. The van der Waals surface area contributed by atoms with Crippen molar-refractivity contribution in [3.05, 3.63) is 83.5 Å². The Morgan fingerprint density at radius 2 is 1.76 bits per heavy atom. The smallest absolute Gasteiger partial charge is 0.274 e. The van der Waals surface area contributed by atoms with Crippen molar-refractivity contribution in [1.82, 2.24) is 4.98 Å². The number of rotatable bonds is 3. The lowest BCUT2D eigenvalue weighted by Crippen LogP contribution is -2.14. The van der Waals surface area contributed by atoms with Gasteiger partial charge in [0.1, 0.15) is 5.69 Å². The first-order valence-electron chi connectivity index (χ1n) is 9.04. The number of aromatic nitrogens is 1. The van der Waals surface area contributed by atoms with E-state index in [4.69, 9.17) is 21.1 Å². The van der Waals surface area contributed by atoms with E-state index >= 15 is 0 Å². The van der Waals surface area contributed by atoms with Crippen LogP contribution in [0.5, 0.6) is 11.5 Å². The summed E-state index contributed by atoms with van der Waals surface area (Å²) in [7, 11) is 0. The molecular weight excluding hydrogens is 388 g/mol. The van der Waals surface area contributed by atoms with Gasteiger partial charge in [0.25, 0.3) is 5.91 Å². The Morgan fingerprint density at radius 1 is 0.931 bits per heavy atom. The highest BCUT2D eigenvalue weighted by atomic mass is 35.5. The summed E-state index contributed by atoms with van der Waals surface area (Å²) in [4.78, 5) is 17.5. The zero-order valence-corrected chi connectivity index (χ0v) is 15.9. The van der Waals surface area contributed by atoms with Gasteiger partial charge in [0.15, 0.2) is 11.5 Å². The van der Waals surface area contributed by atoms with Crippen LogP contribution in [0, 0.1) is 0 Å². The number of carbonyl (C=O) groups excluding carboxylic acids is 1. The van der Waals surface area contributed by atoms with E-state index in [0.717, 1.165) is 16.5 Å². The summed E-state index contributed by atoms with van der Waals surface area (Å²) in [6.45, 7) is 0.182. The molecule has 1 aliphatic rings. The van der Waals surface area contributed by atoms with Crippen LogP contribution in [0.15, 0.2) is 72.8 Å². The minimum Gasteiger partial charge on any atom is -0.454 e. The van der Waals surface area contributed by atoms with Crippen molar-refractivity contribution in [2.24, 2.45) is 0 Å². The summed E-state index contributed by atoms with van der Waals surface area (Å²) >= 11 is 6.21. The van der Waals surface area contributed by atoms with Crippen LogP contribution in [0.2, 0.25) is 5.02 Å². The molecule has 0 saturated carbocycles. The largest absolute Gasteiger partial charge is 0.454 e. The maximum absolute atomic E-state index is 12.9. The third-order valence-corrected chi connectivity index (χ3v) is 4.95. The maximum Gasteiger partial charge on any atom is 0.274 e. The van der Waals surface area contributed by atoms with Crippen molar-refractivity contribution in [2.45, 2.75) is 0 Å². The lowest BCUT2D eigenvalue weighted by atomic mass is 10.00. The van der Waals surface area contributed by atoms with Gasteiger partial charge < -0.3 is 14.8 Å². The number of halogens is 1. The normalized spacial score (nSPS) is 12.2. The second-order valence-corrected chi connectivity index (χ2v) is 7.04. The molecule has 1 aliphatic heterocycles. The number of hydrogen-bond acceptors (Lipinski definition) is 4. The summed E-state index contributed by atoms with van der Waals surface area (Å²) in [6, 6.07) is 22.4. The van der Waals surface area contributed by atoms with Gasteiger partial charge >= 0.3 is 0 Å². The Bertz CT molecular complexity index is 1240. The molecule has 3 aromatic carbocycles. The number of hydrogen-bond donors (Lipinski definition) is 1. The molecule has 0 aliphatic carbocycles. The Balaban J connectivity index is 1.56. The van der Waals surface area contributed by atoms with E-state index in [0.29, 0.717) is 33.4 Å². The van der Waals surface area contributed by atoms with Crippen molar-refractivity contribution in [1.29, 1.82) is 0 Å². The first kappa shape index (κ1) is 17.5. The molecule has 0 radical (unpaired) electrons. The molecule has 0 saturated heterocycles. The fourth-order valence-electron chi connectivity index (χ4n) is 3.34. The van der Waals surface area contributed by atoms with Gasteiger partial charge in [-0.1, -0.05) is 41.9 Å². The van der Waals surface area contributed by atoms with E-state index in [9.17, 15) is 4.79 Å². The lowest BCUT2D eigenvalue weighted by molar-refractivity contribution is 0.102. The van der Waals surface area contributed by atoms with Crippen molar-refractivity contribution in [2.75, 3.05) is 12.1 Å². The Morgan fingerprint density at radius 3 is 2.62 bits per heavy atom. The Labute approximate surface area is 171 Å². The number of pyridine rings is 1. The van der Waals surface area contributed by atoms with Gasteiger partial charge in [-0.2, -0.15) is 0 Å². The molecule has 0 atom stereocenters. The van der Waals surface area contributed by atoms with E-state index in [-0.39, 0.29) is 12.7 Å². The number of nitrogens with zero attached hydrogens (tertiary/aromatic N) is 1. The summed E-state index contributed by atoms with van der Waals surface area (Å²) in [6.07, 6.45) is 0. The van der Waals surface area contributed by atoms with E-state index < -0.39 is 0 Å². The molecule has 0 bridgehead atoms. The van der Waals surface area contributed by atoms with E-state index in [1.807, 2.05) is 42.5 Å². The molecule has 1 aromatic heterocycles. The number of fused-ring (bicyclic) bond motifs is 2. The lowest BCUT2D eigenvalue weighted by Gasteiger charge is -2.11. The third-order valence-electron chi connectivity index (χ3n) is 4.72. The van der Waals surface area contributed by atoms with Crippen LogP contribution in [-0.2, 0) is 0 Å². The second-order valence-electron chi connectivity index (χ2n) is 6.60. The molecule has 6 heteroatoms. The van der Waals surface area contributed by atoms with Crippen LogP contribution >= 0.6 is 11.6 Å². The second kappa shape index (κ2) is 7.11. The average Bonchev–Trinajstić information content (AvgIpc) is 3.21. The maximum atomic E-state index is 12.9. The fraction of sp³-hybridized carbons (Fsp3) is 0.0435. The van der Waals surface area contributed by atoms with Crippen molar-refractivity contribution >= 4 is 34.1 Å². The van der Waals surface area contributed by atoms with Crippen LogP contribution in [0.4, 0.5) is 5.69 Å². The quantitative estimate of drug-likeness (QED) is 0.489. The van der Waals surface area contributed by atoms with E-state index in [1.54, 1.807) is 30.3 Å². The first-order valence-corrected chi connectivity index (χ1v) is 9.42. The predicted octanol–water partition coefficient (Wildman–Crippen LogP) is 5.54. The molecule has 1 amide bonds. The molecule has 29 heavy (non-hydrogen) atoms. The molecular formula is C23H15ClN2O3. The topological polar surface area (TPSA) is 60.5 Å². The molecule has 1 N–H and O–H groups in total. The minimum absolute atomic E-state index is 0.182. The number of ether oxygens (including phenoxy) is 2. The molecule has 2 heterocycles. The van der Waals surface area contributed by atoms with Gasteiger partial charge in [0.2, 0.25) is 6.79 Å². The Kier molecular flexibility index (Phi) is 4.30. The zero-order valence-electron chi connectivity index (χ0n) is 15.2. The molecule has 0 spiro atoms. The number of amides is 1. The van der Waals surface area contributed by atoms with Gasteiger partial charge in [-0.3, -0.25) is 4.79 Å². The van der Waals surface area contributed by atoms with Crippen molar-refractivity contribution in [3.8, 4) is 22.6 Å². The van der Waals surface area contributed by atoms with Crippen molar-refractivity contribution < 1.29 is 14.3 Å². The number of benzene rings is 3. The molecule has 0 fully saturated rings. The van der Waals surface area contributed by atoms with E-state index in [2.05, 4.69) is 10.3 Å². The highest BCUT2D eigenvalue weighted by molar-refractivity contribution is 6.31. The first-order chi connectivity index (χ1) is 14.2. The van der Waals surface area contributed by atoms with Crippen LogP contribution in [0.1, 0.15) is 10.5 Å². The summed E-state index contributed by atoms with van der Waals surface area (Å²) in [5.74, 6) is 0.960. The zero-order chi connectivity index (χ0) is 19.8. The van der Waals surface area contributed by atoms with Gasteiger partial charge in [-0.05, 0) is 47.5 Å². The molecule has 0 unspecified atom stereocenters. The van der Waals surface area contributed by atoms with Crippen LogP contribution in [-0.4, -0.2) is 17.7 Å². The average molecular weight is 403 g/mol. The molecule has 142 valence electrons. The third kappa shape index (κ3) is 3.37. The van der Waals surface area contributed by atoms with Crippen molar-refractivity contribution in [3.63, 3.8) is 0 Å². The molecule has 5 rings (SSSR count). The Hall–Kier alpha value is -3.57. The van der Waals surface area contributed by atoms with Crippen LogP contribution in [0.3, 0.4) is 0 Å². The summed E-state index contributed by atoms with van der Waals surface area (Å²) < 4.78 is 10.7. The number of anilines is 1. The highest BCUT2D eigenvalue weighted by Gasteiger charge is 2.17. The van der Waals surface area contributed by atoms with Gasteiger partial charge in [0.05, 0.1) is 5.52 Å². The minimum atomic E-state index is -0.308. The van der Waals surface area contributed by atoms with Crippen LogP contribution < -0.4 is 14.8 Å². The highest BCUT2D eigenvalue weighted by Crippen LogP contribution is 2.35. The van der Waals surface area contributed by atoms with E-state index in [1.165, 1.54) is 0 Å². The molecule has 4 aromatic rings. The van der Waals surface area contributed by atoms with Crippen LogP contribution in [0.25, 0.3) is 22.0 Å². The van der Waals surface area contributed by atoms with Gasteiger partial charge in [0, 0.05) is 22.2 Å². The summed E-state index contributed by atoms with van der Waals surface area (Å²) in [5, 5.41) is 4.39. The van der Waals surface area contributed by atoms with Gasteiger partial charge in [-0.25, -0.2) is 4.98 Å².